The Labute approximate surface area is 154 Å². The fourth-order valence-electron chi connectivity index (χ4n) is 2.51. The van der Waals surface area contributed by atoms with Crippen LogP contribution in [0.3, 0.4) is 0 Å². The summed E-state index contributed by atoms with van der Waals surface area (Å²) in [7, 11) is 0. The summed E-state index contributed by atoms with van der Waals surface area (Å²) in [6, 6.07) is 12.6. The molecule has 3 nitrogen and oxygen atoms in total. The Morgan fingerprint density at radius 3 is 2.21 bits per heavy atom. The van der Waals surface area contributed by atoms with E-state index in [1.165, 1.54) is 23.8 Å². The molecule has 1 unspecified atom stereocenters. The van der Waals surface area contributed by atoms with Gasteiger partial charge in [-0.1, -0.05) is 0 Å². The molecule has 0 saturated carbocycles. The Morgan fingerprint density at radius 1 is 1.08 bits per heavy atom. The normalized spacial score (nSPS) is 12.0. The zero-order valence-electron chi connectivity index (χ0n) is 14.9. The molecule has 0 amide bonds. The van der Waals surface area contributed by atoms with Crippen LogP contribution in [0.4, 0.5) is 0 Å². The number of ether oxygens (including phenoxy) is 2. The van der Waals surface area contributed by atoms with Crippen molar-refractivity contribution in [3.05, 3.63) is 60.2 Å². The van der Waals surface area contributed by atoms with E-state index < -0.39 is 6.10 Å². The van der Waals surface area contributed by atoms with Crippen LogP contribution >= 0.6 is 0 Å². The van der Waals surface area contributed by atoms with Crippen molar-refractivity contribution in [2.75, 3.05) is 6.61 Å². The SMILES string of the molecule is CCOC(=O)C(C)Oc1ccc([I-]c2c(C)cc(C)cc2C)cc1. The third-order valence-electron chi connectivity index (χ3n) is 3.53. The van der Waals surface area contributed by atoms with Crippen LogP contribution in [0.25, 0.3) is 0 Å². The van der Waals surface area contributed by atoms with Crippen LogP contribution in [0, 0.1) is 27.9 Å². The summed E-state index contributed by atoms with van der Waals surface area (Å²) in [5.74, 6) is 0.362. The van der Waals surface area contributed by atoms with Crippen molar-refractivity contribution in [2.45, 2.75) is 40.7 Å². The summed E-state index contributed by atoms with van der Waals surface area (Å²) in [5.41, 5.74) is 4.06. The zero-order valence-corrected chi connectivity index (χ0v) is 17.0. The third kappa shape index (κ3) is 4.97. The molecule has 24 heavy (non-hydrogen) atoms. The average molecular weight is 439 g/mol. The molecule has 0 aliphatic carbocycles. The average Bonchev–Trinajstić information content (AvgIpc) is 2.52. The summed E-state index contributed by atoms with van der Waals surface area (Å²) < 4.78 is 13.4. The van der Waals surface area contributed by atoms with Crippen LogP contribution in [0.1, 0.15) is 30.5 Å². The molecule has 0 aliphatic heterocycles. The molecule has 0 N–H and O–H groups in total. The Hall–Kier alpha value is -1.56. The van der Waals surface area contributed by atoms with Crippen molar-refractivity contribution in [3.63, 3.8) is 0 Å². The number of benzene rings is 2. The minimum absolute atomic E-state index is 0.227. The zero-order chi connectivity index (χ0) is 17.7. The Balaban J connectivity index is 2.06. The van der Waals surface area contributed by atoms with Gasteiger partial charge in [-0.05, 0) is 0 Å². The second-order valence-corrected chi connectivity index (χ2v) is 8.64. The summed E-state index contributed by atoms with van der Waals surface area (Å²) >= 11 is -0.227. The summed E-state index contributed by atoms with van der Waals surface area (Å²) in [6.45, 7) is 10.4. The molecular weight excluding hydrogens is 415 g/mol. The van der Waals surface area contributed by atoms with E-state index in [1.807, 2.05) is 12.1 Å². The maximum absolute atomic E-state index is 11.6. The van der Waals surface area contributed by atoms with Gasteiger partial charge < -0.3 is 0 Å². The van der Waals surface area contributed by atoms with Gasteiger partial charge >= 0.3 is 155 Å². The van der Waals surface area contributed by atoms with E-state index in [1.54, 1.807) is 13.8 Å². The molecule has 0 aliphatic rings. The number of hydrogen-bond acceptors (Lipinski definition) is 3. The standard InChI is InChI=1S/C20H24IO3/c1-6-23-20(22)16(5)24-18-9-7-17(8-10-18)21-19-14(3)11-13(2)12-15(19)4/h7-12,16H,6H2,1-5H3/q-1. The van der Waals surface area contributed by atoms with Crippen LogP contribution in [0.15, 0.2) is 36.4 Å². The molecule has 2 aromatic carbocycles. The van der Waals surface area contributed by atoms with Crippen LogP contribution in [-0.4, -0.2) is 18.7 Å². The number of carbonyl (C=O) groups excluding carboxylic acids is 1. The number of rotatable bonds is 6. The van der Waals surface area contributed by atoms with Crippen molar-refractivity contribution in [1.29, 1.82) is 0 Å². The van der Waals surface area contributed by atoms with Gasteiger partial charge in [-0.3, -0.25) is 0 Å². The first-order valence-electron chi connectivity index (χ1n) is 8.06. The predicted octanol–water partition coefficient (Wildman–Crippen LogP) is 1.07. The van der Waals surface area contributed by atoms with E-state index in [9.17, 15) is 4.79 Å². The molecule has 2 rings (SSSR count). The molecule has 0 radical (unpaired) electrons. The van der Waals surface area contributed by atoms with Gasteiger partial charge in [-0.2, -0.15) is 0 Å². The molecule has 0 heterocycles. The van der Waals surface area contributed by atoms with Gasteiger partial charge in [0, 0.05) is 0 Å². The molecule has 1 atom stereocenters. The molecule has 130 valence electrons. The molecule has 2 aromatic rings. The van der Waals surface area contributed by atoms with Crippen molar-refractivity contribution >= 4 is 5.97 Å². The molecule has 4 heteroatoms. The quantitative estimate of drug-likeness (QED) is 0.499. The van der Waals surface area contributed by atoms with Gasteiger partial charge in [0.1, 0.15) is 0 Å². The van der Waals surface area contributed by atoms with Crippen molar-refractivity contribution in [1.82, 2.24) is 0 Å². The minimum atomic E-state index is -0.591. The number of carbonyl (C=O) groups is 1. The van der Waals surface area contributed by atoms with E-state index in [2.05, 4.69) is 45.0 Å². The number of hydrogen-bond donors (Lipinski definition) is 0. The maximum atomic E-state index is 11.6. The van der Waals surface area contributed by atoms with Crippen LogP contribution in [0.2, 0.25) is 0 Å². The van der Waals surface area contributed by atoms with Crippen molar-refractivity contribution in [3.8, 4) is 5.75 Å². The van der Waals surface area contributed by atoms with E-state index in [4.69, 9.17) is 9.47 Å². The number of aryl methyl sites for hydroxylation is 3. The third-order valence-corrected chi connectivity index (χ3v) is 7.11. The van der Waals surface area contributed by atoms with Gasteiger partial charge in [0.05, 0.1) is 0 Å². The summed E-state index contributed by atoms with van der Waals surface area (Å²) in [6.07, 6.45) is -0.591. The van der Waals surface area contributed by atoms with Gasteiger partial charge in [0.2, 0.25) is 0 Å². The first-order valence-corrected chi connectivity index (χ1v) is 10.2. The fraction of sp³-hybridized carbons (Fsp3) is 0.350. The molecule has 0 fully saturated rings. The fourth-order valence-corrected chi connectivity index (χ4v) is 5.01. The predicted molar refractivity (Wildman–Crippen MR) is 91.2 cm³/mol. The number of esters is 1. The van der Waals surface area contributed by atoms with E-state index in [0.29, 0.717) is 12.4 Å². The van der Waals surface area contributed by atoms with Crippen LogP contribution in [-0.2, 0) is 9.53 Å². The van der Waals surface area contributed by atoms with Gasteiger partial charge in [-0.15, -0.1) is 0 Å². The Morgan fingerprint density at radius 2 is 1.67 bits per heavy atom. The Kier molecular flexibility index (Phi) is 6.66. The van der Waals surface area contributed by atoms with Gasteiger partial charge in [0.15, 0.2) is 0 Å². The van der Waals surface area contributed by atoms with Crippen LogP contribution < -0.4 is 25.9 Å². The molecule has 0 bridgehead atoms. The molecule has 0 spiro atoms. The van der Waals surface area contributed by atoms with E-state index in [0.717, 1.165) is 0 Å². The van der Waals surface area contributed by atoms with E-state index >= 15 is 0 Å². The van der Waals surface area contributed by atoms with Gasteiger partial charge in [-0.25, -0.2) is 0 Å². The van der Waals surface area contributed by atoms with Crippen molar-refractivity contribution < 1.29 is 35.5 Å². The first kappa shape index (κ1) is 18.8. The molecular formula is C20H24IO3-. The van der Waals surface area contributed by atoms with E-state index in [-0.39, 0.29) is 27.2 Å². The topological polar surface area (TPSA) is 35.5 Å². The number of halogens is 1. The van der Waals surface area contributed by atoms with Crippen LogP contribution in [0.5, 0.6) is 5.75 Å². The van der Waals surface area contributed by atoms with Gasteiger partial charge in [0.25, 0.3) is 0 Å². The molecule has 0 aromatic heterocycles. The Bertz CT molecular complexity index is 684. The van der Waals surface area contributed by atoms with Crippen molar-refractivity contribution in [2.24, 2.45) is 0 Å². The monoisotopic (exact) mass is 439 g/mol. The first-order chi connectivity index (χ1) is 11.4. The second-order valence-electron chi connectivity index (χ2n) is 5.77. The molecule has 0 saturated heterocycles. The summed E-state index contributed by atoms with van der Waals surface area (Å²) in [4.78, 5) is 11.6. The second kappa shape index (κ2) is 8.51. The summed E-state index contributed by atoms with van der Waals surface area (Å²) in [5, 5.41) is 0.